The second kappa shape index (κ2) is 7.27. The van der Waals surface area contributed by atoms with E-state index < -0.39 is 0 Å². The summed E-state index contributed by atoms with van der Waals surface area (Å²) in [5.41, 5.74) is 1.40. The lowest BCUT2D eigenvalue weighted by atomic mass is 9.85. The Morgan fingerprint density at radius 1 is 1.16 bits per heavy atom. The molecule has 2 atom stereocenters. The first-order chi connectivity index (χ1) is 12.3. The molecule has 4 rings (SSSR count). The van der Waals surface area contributed by atoms with Crippen LogP contribution in [-0.4, -0.2) is 54.6 Å². The molecule has 0 bridgehead atoms. The summed E-state index contributed by atoms with van der Waals surface area (Å²) in [6, 6.07) is 9.79. The van der Waals surface area contributed by atoms with Crippen molar-refractivity contribution in [2.45, 2.75) is 57.5 Å². The first kappa shape index (κ1) is 16.7. The summed E-state index contributed by atoms with van der Waals surface area (Å²) in [6.45, 7) is 5.63. The van der Waals surface area contributed by atoms with Crippen LogP contribution in [-0.2, 0) is 6.42 Å². The molecular weight excluding hydrogens is 310 g/mol. The number of guanidine groups is 1. The van der Waals surface area contributed by atoms with E-state index in [9.17, 15) is 0 Å². The van der Waals surface area contributed by atoms with E-state index in [0.29, 0.717) is 12.1 Å². The number of hydrogen-bond acceptors (Lipinski definition) is 4. The van der Waals surface area contributed by atoms with Crippen molar-refractivity contribution >= 4 is 5.96 Å². The van der Waals surface area contributed by atoms with Crippen LogP contribution in [0.2, 0.25) is 0 Å². The molecule has 2 fully saturated rings. The summed E-state index contributed by atoms with van der Waals surface area (Å²) in [5, 5.41) is 0. The van der Waals surface area contributed by atoms with Gasteiger partial charge in [0.25, 0.3) is 0 Å². The first-order valence-electron chi connectivity index (χ1n) is 9.99. The Bertz CT molecular complexity index is 608. The average Bonchev–Trinajstić information content (AvgIpc) is 3.12. The summed E-state index contributed by atoms with van der Waals surface area (Å²) in [5.74, 6) is 3.12. The van der Waals surface area contributed by atoms with Gasteiger partial charge in [-0.2, -0.15) is 0 Å². The fourth-order valence-electron chi connectivity index (χ4n) is 4.49. The maximum absolute atomic E-state index is 5.30. The quantitative estimate of drug-likeness (QED) is 0.759. The molecule has 2 heterocycles. The van der Waals surface area contributed by atoms with E-state index in [0.717, 1.165) is 31.2 Å². The molecule has 1 aromatic rings. The molecule has 4 nitrogen and oxygen atoms in total. The molecule has 0 unspecified atom stereocenters. The molecule has 136 valence electrons. The zero-order chi connectivity index (χ0) is 17.2. The van der Waals surface area contributed by atoms with Gasteiger partial charge in [0, 0.05) is 13.1 Å². The summed E-state index contributed by atoms with van der Waals surface area (Å²) in [7, 11) is 1.73. The number of benzene rings is 1. The number of ether oxygens (including phenoxy) is 1. The summed E-state index contributed by atoms with van der Waals surface area (Å²) < 4.78 is 5.30. The Kier molecular flexibility index (Phi) is 4.87. The van der Waals surface area contributed by atoms with Crippen molar-refractivity contribution in [1.82, 2.24) is 9.80 Å². The van der Waals surface area contributed by atoms with Crippen LogP contribution in [0, 0.1) is 5.92 Å². The van der Waals surface area contributed by atoms with Gasteiger partial charge in [-0.15, -0.1) is 0 Å². The number of nitrogens with zero attached hydrogens (tertiary/aromatic N) is 3. The van der Waals surface area contributed by atoms with Gasteiger partial charge in [-0.05, 0) is 49.3 Å². The van der Waals surface area contributed by atoms with Gasteiger partial charge in [-0.3, -0.25) is 4.99 Å². The Balaban J connectivity index is 1.49. The molecule has 1 saturated carbocycles. The smallest absolute Gasteiger partial charge is 0.197 e. The molecule has 1 aromatic carbocycles. The highest BCUT2D eigenvalue weighted by atomic mass is 16.5. The average molecular weight is 341 g/mol. The fraction of sp³-hybridized carbons (Fsp3) is 0.667. The van der Waals surface area contributed by atoms with Gasteiger partial charge >= 0.3 is 0 Å². The van der Waals surface area contributed by atoms with Crippen molar-refractivity contribution in [3.8, 4) is 5.75 Å². The van der Waals surface area contributed by atoms with Crippen molar-refractivity contribution in [3.63, 3.8) is 0 Å². The van der Waals surface area contributed by atoms with Crippen LogP contribution in [0.15, 0.2) is 29.3 Å². The fourth-order valence-corrected chi connectivity index (χ4v) is 4.49. The molecule has 1 aliphatic carbocycles. The van der Waals surface area contributed by atoms with Gasteiger partial charge in [0.2, 0.25) is 0 Å². The molecule has 0 amide bonds. The Labute approximate surface area is 151 Å². The maximum Gasteiger partial charge on any atom is 0.197 e. The van der Waals surface area contributed by atoms with Crippen LogP contribution < -0.4 is 4.74 Å². The third-order valence-corrected chi connectivity index (χ3v) is 6.18. The van der Waals surface area contributed by atoms with E-state index in [1.54, 1.807) is 7.11 Å². The molecule has 2 aliphatic heterocycles. The van der Waals surface area contributed by atoms with Gasteiger partial charge < -0.3 is 14.5 Å². The van der Waals surface area contributed by atoms with Crippen molar-refractivity contribution in [2.24, 2.45) is 10.9 Å². The first-order valence-corrected chi connectivity index (χ1v) is 9.99. The minimum atomic E-state index is 0.562. The number of hydrogen-bond donors (Lipinski definition) is 0. The summed E-state index contributed by atoms with van der Waals surface area (Å²) in [6.07, 6.45) is 7.82. The van der Waals surface area contributed by atoms with Crippen molar-refractivity contribution in [3.05, 3.63) is 29.8 Å². The van der Waals surface area contributed by atoms with Gasteiger partial charge in [-0.25, -0.2) is 0 Å². The highest BCUT2D eigenvalue weighted by molar-refractivity contribution is 5.84. The van der Waals surface area contributed by atoms with Crippen molar-refractivity contribution in [1.29, 1.82) is 0 Å². The van der Waals surface area contributed by atoms with E-state index in [1.807, 2.05) is 0 Å². The SMILES string of the molecule is CCC[C@H]1CN=C2N(CC3CCC3)[C@@H](Cc3ccc(OC)cc3)CN21. The monoisotopic (exact) mass is 341 g/mol. The predicted molar refractivity (Wildman–Crippen MR) is 102 cm³/mol. The Morgan fingerprint density at radius 2 is 1.96 bits per heavy atom. The van der Waals surface area contributed by atoms with Gasteiger partial charge in [-0.1, -0.05) is 31.9 Å². The topological polar surface area (TPSA) is 28.1 Å². The minimum Gasteiger partial charge on any atom is -0.497 e. The second-order valence-electron chi connectivity index (χ2n) is 7.89. The van der Waals surface area contributed by atoms with Crippen molar-refractivity contribution in [2.75, 3.05) is 26.7 Å². The normalized spacial score (nSPS) is 25.8. The molecular formula is C21H31N3O. The van der Waals surface area contributed by atoms with Crippen LogP contribution in [0.25, 0.3) is 0 Å². The standard InChI is InChI=1S/C21H31N3O/c1-3-5-18-13-22-21-23(14-17-6-4-7-17)19(15-24(18)21)12-16-8-10-20(25-2)11-9-16/h8-11,17-19H,3-7,12-15H2,1-2H3/t18-,19-/m0/s1. The van der Waals surface area contributed by atoms with E-state index in [1.165, 1.54) is 50.2 Å². The van der Waals surface area contributed by atoms with E-state index in [-0.39, 0.29) is 0 Å². The lowest BCUT2D eigenvalue weighted by Crippen LogP contribution is -2.41. The van der Waals surface area contributed by atoms with Crippen LogP contribution in [0.3, 0.4) is 0 Å². The molecule has 0 aromatic heterocycles. The van der Waals surface area contributed by atoms with Crippen LogP contribution in [0.5, 0.6) is 5.75 Å². The van der Waals surface area contributed by atoms with E-state index in [2.05, 4.69) is 41.0 Å². The highest BCUT2D eigenvalue weighted by Crippen LogP contribution is 2.33. The maximum atomic E-state index is 5.30. The molecule has 25 heavy (non-hydrogen) atoms. The lowest BCUT2D eigenvalue weighted by Gasteiger charge is -2.34. The number of fused-ring (bicyclic) bond motifs is 1. The van der Waals surface area contributed by atoms with Crippen LogP contribution in [0.1, 0.15) is 44.6 Å². The molecule has 3 aliphatic rings. The minimum absolute atomic E-state index is 0.562. The summed E-state index contributed by atoms with van der Waals surface area (Å²) >= 11 is 0. The summed E-state index contributed by atoms with van der Waals surface area (Å²) in [4.78, 5) is 10.2. The number of aliphatic imine (C=N–C) groups is 1. The Morgan fingerprint density at radius 3 is 2.60 bits per heavy atom. The number of methoxy groups -OCH3 is 1. The molecule has 0 N–H and O–H groups in total. The van der Waals surface area contributed by atoms with Crippen molar-refractivity contribution < 1.29 is 4.74 Å². The molecule has 4 heteroatoms. The highest BCUT2D eigenvalue weighted by Gasteiger charge is 2.42. The Hall–Kier alpha value is -1.71. The number of rotatable bonds is 7. The third-order valence-electron chi connectivity index (χ3n) is 6.18. The van der Waals surface area contributed by atoms with Crippen LogP contribution in [0.4, 0.5) is 0 Å². The van der Waals surface area contributed by atoms with Gasteiger partial charge in [0.05, 0.1) is 25.7 Å². The molecule has 1 saturated heterocycles. The van der Waals surface area contributed by atoms with Gasteiger partial charge in [0.1, 0.15) is 5.75 Å². The largest absolute Gasteiger partial charge is 0.497 e. The zero-order valence-corrected chi connectivity index (χ0v) is 15.7. The predicted octanol–water partition coefficient (Wildman–Crippen LogP) is 3.56. The third kappa shape index (κ3) is 3.36. The molecule has 0 radical (unpaired) electrons. The second-order valence-corrected chi connectivity index (χ2v) is 7.89. The van der Waals surface area contributed by atoms with E-state index >= 15 is 0 Å². The van der Waals surface area contributed by atoms with Gasteiger partial charge in [0.15, 0.2) is 5.96 Å². The molecule has 0 spiro atoms. The lowest BCUT2D eigenvalue weighted by molar-refractivity contribution is 0.215. The zero-order valence-electron chi connectivity index (χ0n) is 15.7. The van der Waals surface area contributed by atoms with E-state index in [4.69, 9.17) is 9.73 Å². The van der Waals surface area contributed by atoms with Crippen LogP contribution >= 0.6 is 0 Å².